The van der Waals surface area contributed by atoms with Gasteiger partial charge in [-0.25, -0.2) is 0 Å². The third kappa shape index (κ3) is 7.09. The average molecular weight is 258 g/mol. The molecule has 4 amide bonds. The second-order valence-electron chi connectivity index (χ2n) is 3.45. The molecule has 0 aliphatic rings. The summed E-state index contributed by atoms with van der Waals surface area (Å²) in [6.45, 7) is 3.51. The Kier molecular flexibility index (Phi) is 6.26. The van der Waals surface area contributed by atoms with Crippen molar-refractivity contribution in [3.05, 3.63) is 0 Å². The number of carbonyl (C=O) groups is 5. The summed E-state index contributed by atoms with van der Waals surface area (Å²) < 4.78 is 4.52. The first-order valence-electron chi connectivity index (χ1n) is 5.03. The zero-order chi connectivity index (χ0) is 14.3. The summed E-state index contributed by atoms with van der Waals surface area (Å²) in [6.07, 6.45) is -1.81. The predicted molar refractivity (Wildman–Crippen MR) is 57.8 cm³/mol. The van der Waals surface area contributed by atoms with Crippen LogP contribution in [0.5, 0.6) is 0 Å². The standard InChI is InChI=1S/C10H14N2O6/c1-5(18-7(3)14)10(17)12-9(16)4-8(15)11-6(2)13/h5H,4H2,1-3H3,(H,11,13,15)(H,12,16,17). The van der Waals surface area contributed by atoms with Crippen molar-refractivity contribution in [3.63, 3.8) is 0 Å². The minimum Gasteiger partial charge on any atom is -0.453 e. The molecule has 0 aliphatic carbocycles. The molecule has 100 valence electrons. The largest absolute Gasteiger partial charge is 0.453 e. The minimum absolute atomic E-state index is 0.604. The van der Waals surface area contributed by atoms with Crippen LogP contribution in [-0.2, 0) is 28.7 Å². The monoisotopic (exact) mass is 258 g/mol. The minimum atomic E-state index is -1.14. The number of carbonyl (C=O) groups excluding carboxylic acids is 5. The lowest BCUT2D eigenvalue weighted by Crippen LogP contribution is -2.41. The van der Waals surface area contributed by atoms with E-state index in [2.05, 4.69) is 4.74 Å². The second-order valence-corrected chi connectivity index (χ2v) is 3.45. The summed E-state index contributed by atoms with van der Waals surface area (Å²) in [6, 6.07) is 0. The molecule has 0 radical (unpaired) electrons. The van der Waals surface area contributed by atoms with Gasteiger partial charge in [0.15, 0.2) is 6.10 Å². The highest BCUT2D eigenvalue weighted by molar-refractivity contribution is 6.08. The van der Waals surface area contributed by atoms with E-state index < -0.39 is 42.1 Å². The van der Waals surface area contributed by atoms with E-state index in [4.69, 9.17) is 0 Å². The fraction of sp³-hybridized carbons (Fsp3) is 0.500. The van der Waals surface area contributed by atoms with Crippen LogP contribution in [0, 0.1) is 0 Å². The van der Waals surface area contributed by atoms with Crippen LogP contribution in [0.2, 0.25) is 0 Å². The van der Waals surface area contributed by atoms with Gasteiger partial charge in [-0.3, -0.25) is 34.6 Å². The van der Waals surface area contributed by atoms with Crippen molar-refractivity contribution in [2.45, 2.75) is 33.3 Å². The summed E-state index contributed by atoms with van der Waals surface area (Å²) in [5.74, 6) is -3.83. The van der Waals surface area contributed by atoms with Crippen molar-refractivity contribution < 1.29 is 28.7 Å². The van der Waals surface area contributed by atoms with E-state index in [0.717, 1.165) is 13.8 Å². The number of hydrogen-bond donors (Lipinski definition) is 2. The molecule has 8 nitrogen and oxygen atoms in total. The van der Waals surface area contributed by atoms with Gasteiger partial charge in [-0.05, 0) is 6.92 Å². The third-order valence-electron chi connectivity index (χ3n) is 1.61. The molecular formula is C10H14N2O6. The Morgan fingerprint density at radius 3 is 1.94 bits per heavy atom. The smallest absolute Gasteiger partial charge is 0.303 e. The summed E-state index contributed by atoms with van der Waals surface area (Å²) in [7, 11) is 0. The SMILES string of the molecule is CC(=O)NC(=O)CC(=O)NC(=O)C(C)OC(C)=O. The van der Waals surface area contributed by atoms with Crippen molar-refractivity contribution in [2.24, 2.45) is 0 Å². The van der Waals surface area contributed by atoms with Gasteiger partial charge in [0.05, 0.1) is 0 Å². The number of nitrogens with one attached hydrogen (secondary N) is 2. The van der Waals surface area contributed by atoms with Crippen molar-refractivity contribution >= 4 is 29.6 Å². The van der Waals surface area contributed by atoms with Crippen LogP contribution in [0.4, 0.5) is 0 Å². The van der Waals surface area contributed by atoms with Crippen molar-refractivity contribution in [2.75, 3.05) is 0 Å². The first kappa shape index (κ1) is 15.8. The third-order valence-corrected chi connectivity index (χ3v) is 1.61. The first-order valence-corrected chi connectivity index (χ1v) is 5.03. The van der Waals surface area contributed by atoms with E-state index in [-0.39, 0.29) is 0 Å². The summed E-state index contributed by atoms with van der Waals surface area (Å²) in [4.78, 5) is 54.5. The molecule has 0 aromatic heterocycles. The highest BCUT2D eigenvalue weighted by Crippen LogP contribution is 1.92. The van der Waals surface area contributed by atoms with E-state index in [0.29, 0.717) is 0 Å². The number of rotatable bonds is 4. The van der Waals surface area contributed by atoms with Gasteiger partial charge in [-0.15, -0.1) is 0 Å². The molecule has 18 heavy (non-hydrogen) atoms. The molecule has 1 unspecified atom stereocenters. The van der Waals surface area contributed by atoms with Gasteiger partial charge >= 0.3 is 5.97 Å². The van der Waals surface area contributed by atoms with Gasteiger partial charge in [0.25, 0.3) is 5.91 Å². The Hall–Kier alpha value is -2.25. The molecular weight excluding hydrogens is 244 g/mol. The lowest BCUT2D eigenvalue weighted by atomic mass is 10.3. The number of hydrogen-bond acceptors (Lipinski definition) is 6. The Morgan fingerprint density at radius 2 is 1.50 bits per heavy atom. The molecule has 0 heterocycles. The topological polar surface area (TPSA) is 119 Å². The van der Waals surface area contributed by atoms with Crippen LogP contribution in [0.1, 0.15) is 27.2 Å². The zero-order valence-electron chi connectivity index (χ0n) is 10.2. The van der Waals surface area contributed by atoms with Gasteiger partial charge in [-0.1, -0.05) is 0 Å². The maximum absolute atomic E-state index is 11.3. The molecule has 0 rings (SSSR count). The molecule has 8 heteroatoms. The maximum Gasteiger partial charge on any atom is 0.303 e. The zero-order valence-corrected chi connectivity index (χ0v) is 10.2. The van der Waals surface area contributed by atoms with E-state index in [1.807, 2.05) is 10.6 Å². The lowest BCUT2D eigenvalue weighted by Gasteiger charge is -2.10. The van der Waals surface area contributed by atoms with Crippen LogP contribution in [-0.4, -0.2) is 35.7 Å². The van der Waals surface area contributed by atoms with Gasteiger partial charge in [0.2, 0.25) is 17.7 Å². The van der Waals surface area contributed by atoms with Crippen molar-refractivity contribution in [1.29, 1.82) is 0 Å². The van der Waals surface area contributed by atoms with E-state index in [9.17, 15) is 24.0 Å². The Balaban J connectivity index is 4.16. The summed E-state index contributed by atoms with van der Waals surface area (Å²) >= 11 is 0. The molecule has 0 aromatic carbocycles. The van der Waals surface area contributed by atoms with E-state index in [1.165, 1.54) is 6.92 Å². The Bertz CT molecular complexity index is 390. The average Bonchev–Trinajstić information content (AvgIpc) is 2.13. The number of esters is 1. The summed E-state index contributed by atoms with van der Waals surface area (Å²) in [5, 5.41) is 3.73. The van der Waals surface area contributed by atoms with E-state index in [1.54, 1.807) is 0 Å². The molecule has 2 N–H and O–H groups in total. The number of ether oxygens (including phenoxy) is 1. The van der Waals surface area contributed by atoms with Crippen LogP contribution in [0.25, 0.3) is 0 Å². The van der Waals surface area contributed by atoms with Gasteiger partial charge in [0.1, 0.15) is 6.42 Å². The normalized spacial score (nSPS) is 11.1. The molecule has 0 aromatic rings. The summed E-state index contributed by atoms with van der Waals surface area (Å²) in [5.41, 5.74) is 0. The van der Waals surface area contributed by atoms with Crippen LogP contribution < -0.4 is 10.6 Å². The lowest BCUT2D eigenvalue weighted by molar-refractivity contribution is -0.154. The van der Waals surface area contributed by atoms with Crippen molar-refractivity contribution in [3.8, 4) is 0 Å². The fourth-order valence-corrected chi connectivity index (χ4v) is 0.972. The highest BCUT2D eigenvalue weighted by atomic mass is 16.5. The number of imide groups is 2. The van der Waals surface area contributed by atoms with Crippen LogP contribution in [0.3, 0.4) is 0 Å². The molecule has 0 fully saturated rings. The Morgan fingerprint density at radius 1 is 1.00 bits per heavy atom. The highest BCUT2D eigenvalue weighted by Gasteiger charge is 2.19. The Labute approximate surface area is 103 Å². The predicted octanol–water partition coefficient (Wildman–Crippen LogP) is -1.37. The van der Waals surface area contributed by atoms with Gasteiger partial charge in [-0.2, -0.15) is 0 Å². The second kappa shape index (κ2) is 7.15. The molecule has 1 atom stereocenters. The molecule has 0 aliphatic heterocycles. The maximum atomic E-state index is 11.3. The quantitative estimate of drug-likeness (QED) is 0.474. The molecule has 0 bridgehead atoms. The molecule has 0 saturated carbocycles. The van der Waals surface area contributed by atoms with Crippen LogP contribution >= 0.6 is 0 Å². The van der Waals surface area contributed by atoms with Crippen LogP contribution in [0.15, 0.2) is 0 Å². The van der Waals surface area contributed by atoms with E-state index >= 15 is 0 Å². The first-order chi connectivity index (χ1) is 8.22. The fourth-order valence-electron chi connectivity index (χ4n) is 0.972. The van der Waals surface area contributed by atoms with Gasteiger partial charge in [0, 0.05) is 13.8 Å². The van der Waals surface area contributed by atoms with Gasteiger partial charge < -0.3 is 4.74 Å². The molecule has 0 spiro atoms. The molecule has 0 saturated heterocycles. The number of amides is 4. The van der Waals surface area contributed by atoms with Crippen molar-refractivity contribution in [1.82, 2.24) is 10.6 Å².